The van der Waals surface area contributed by atoms with Crippen molar-refractivity contribution in [1.29, 1.82) is 0 Å². The van der Waals surface area contributed by atoms with E-state index in [2.05, 4.69) is 6.92 Å². The van der Waals surface area contributed by atoms with Crippen LogP contribution in [0.15, 0.2) is 11.6 Å². The zero-order chi connectivity index (χ0) is 27.1. The van der Waals surface area contributed by atoms with Crippen LogP contribution < -0.4 is 0 Å². The minimum absolute atomic E-state index is 0.0489. The summed E-state index contributed by atoms with van der Waals surface area (Å²) >= 11 is 0. The van der Waals surface area contributed by atoms with Gasteiger partial charge in [0.25, 0.3) is 0 Å². The van der Waals surface area contributed by atoms with Gasteiger partial charge in [0.15, 0.2) is 6.29 Å². The second-order valence-electron chi connectivity index (χ2n) is 13.0. The van der Waals surface area contributed by atoms with Gasteiger partial charge in [0, 0.05) is 17.9 Å². The molecule has 1 saturated heterocycles. The van der Waals surface area contributed by atoms with Gasteiger partial charge in [0.05, 0.1) is 29.3 Å². The zero-order valence-corrected chi connectivity index (χ0v) is 21.8. The van der Waals surface area contributed by atoms with Gasteiger partial charge in [-0.25, -0.2) is 4.79 Å². The first-order valence-electron chi connectivity index (χ1n) is 14.1. The molecule has 6 rings (SSSR count). The normalized spacial score (nSPS) is 54.4. The fourth-order valence-corrected chi connectivity index (χ4v) is 9.52. The summed E-state index contributed by atoms with van der Waals surface area (Å²) in [6.07, 6.45) is 1.56. The van der Waals surface area contributed by atoms with Gasteiger partial charge in [-0.15, -0.1) is 0 Å². The number of aliphatic hydroxyl groups is 5. The molecule has 0 aromatic carbocycles. The van der Waals surface area contributed by atoms with Crippen molar-refractivity contribution in [3.63, 3.8) is 0 Å². The molecule has 12 unspecified atom stereocenters. The Balaban J connectivity index is 1.22. The van der Waals surface area contributed by atoms with E-state index in [-0.39, 0.29) is 43.4 Å². The molecule has 0 bridgehead atoms. The van der Waals surface area contributed by atoms with E-state index in [9.17, 15) is 35.1 Å². The molecule has 0 radical (unpaired) electrons. The molecule has 12 atom stereocenters. The maximum atomic E-state index is 12.9. The Hall–Kier alpha value is -1.40. The second kappa shape index (κ2) is 9.06. The van der Waals surface area contributed by atoms with Crippen LogP contribution in [-0.2, 0) is 23.8 Å². The third kappa shape index (κ3) is 3.57. The van der Waals surface area contributed by atoms with Crippen LogP contribution in [0.1, 0.15) is 64.7 Å². The van der Waals surface area contributed by atoms with E-state index in [1.807, 2.05) is 0 Å². The van der Waals surface area contributed by atoms with Crippen molar-refractivity contribution >= 4 is 12.3 Å². The Morgan fingerprint density at radius 2 is 1.76 bits per heavy atom. The summed E-state index contributed by atoms with van der Waals surface area (Å²) in [5, 5.41) is 54.4. The lowest BCUT2D eigenvalue weighted by atomic mass is 9.41. The van der Waals surface area contributed by atoms with Crippen molar-refractivity contribution in [3.05, 3.63) is 11.6 Å². The average molecular weight is 537 g/mol. The summed E-state index contributed by atoms with van der Waals surface area (Å²) in [6, 6.07) is 0. The predicted molar refractivity (Wildman–Crippen MR) is 130 cm³/mol. The Bertz CT molecular complexity index is 1020. The van der Waals surface area contributed by atoms with Gasteiger partial charge >= 0.3 is 5.97 Å². The summed E-state index contributed by atoms with van der Waals surface area (Å²) in [5.74, 6) is -0.604. The summed E-state index contributed by atoms with van der Waals surface area (Å²) in [5.41, 5.74) is -2.83. The van der Waals surface area contributed by atoms with E-state index in [1.54, 1.807) is 6.08 Å². The van der Waals surface area contributed by atoms with Crippen LogP contribution in [0.4, 0.5) is 0 Å². The topological polar surface area (TPSA) is 163 Å². The summed E-state index contributed by atoms with van der Waals surface area (Å²) in [7, 11) is 0. The number of rotatable bonds is 4. The van der Waals surface area contributed by atoms with Gasteiger partial charge in [-0.05, 0) is 74.7 Å². The first kappa shape index (κ1) is 26.8. The Morgan fingerprint density at radius 1 is 1.00 bits per heavy atom. The molecule has 10 nitrogen and oxygen atoms in total. The highest BCUT2D eigenvalue weighted by Gasteiger charge is 2.71. The smallest absolute Gasteiger partial charge is 0.331 e. The number of cyclic esters (lactones) is 1. The van der Waals surface area contributed by atoms with E-state index in [0.717, 1.165) is 18.3 Å². The molecule has 4 aliphatic carbocycles. The highest BCUT2D eigenvalue weighted by Crippen LogP contribution is 2.70. The van der Waals surface area contributed by atoms with E-state index < -0.39 is 52.7 Å². The number of aldehydes is 1. The van der Waals surface area contributed by atoms with Crippen molar-refractivity contribution in [2.45, 2.75) is 107 Å². The number of hydrogen-bond acceptors (Lipinski definition) is 10. The molecular weight excluding hydrogens is 496 g/mol. The lowest BCUT2D eigenvalue weighted by molar-refractivity contribution is -0.301. The van der Waals surface area contributed by atoms with Crippen LogP contribution >= 0.6 is 0 Å². The molecule has 5 fully saturated rings. The first-order valence-corrected chi connectivity index (χ1v) is 14.1. The van der Waals surface area contributed by atoms with Gasteiger partial charge in [-0.1, -0.05) is 6.92 Å². The van der Waals surface area contributed by atoms with E-state index in [0.29, 0.717) is 44.9 Å². The molecule has 0 amide bonds. The Morgan fingerprint density at radius 3 is 2.47 bits per heavy atom. The van der Waals surface area contributed by atoms with Crippen LogP contribution in [0.2, 0.25) is 0 Å². The predicted octanol–water partition coefficient (Wildman–Crippen LogP) is 0.362. The summed E-state index contributed by atoms with van der Waals surface area (Å²) < 4.78 is 16.6. The minimum atomic E-state index is -1.42. The fourth-order valence-electron chi connectivity index (χ4n) is 9.52. The molecule has 0 aromatic heterocycles. The molecule has 2 aliphatic heterocycles. The van der Waals surface area contributed by atoms with Crippen molar-refractivity contribution in [1.82, 2.24) is 0 Å². The quantitative estimate of drug-likeness (QED) is 0.193. The Kier molecular flexibility index (Phi) is 6.39. The van der Waals surface area contributed by atoms with Crippen LogP contribution in [0.25, 0.3) is 0 Å². The summed E-state index contributed by atoms with van der Waals surface area (Å²) in [4.78, 5) is 24.7. The van der Waals surface area contributed by atoms with Gasteiger partial charge in [-0.2, -0.15) is 0 Å². The third-order valence-electron chi connectivity index (χ3n) is 11.6. The number of esters is 1. The first-order chi connectivity index (χ1) is 18.0. The standard InChI is InChI=1S/C28H40O10/c1-25-6-3-18-19(28(25,35)9-5-17(25)15-10-21(31)36-12-15)4-8-27(34)11-16(2-7-26(18,27)14-29)38-24-23(33)22(32)20(30)13-37-24/h10,14,16-20,22-24,30,32-35H,2-9,11-13H2,1H3. The van der Waals surface area contributed by atoms with Crippen molar-refractivity contribution in [3.8, 4) is 0 Å². The van der Waals surface area contributed by atoms with Gasteiger partial charge in [0.2, 0.25) is 0 Å². The zero-order valence-electron chi connectivity index (χ0n) is 21.8. The number of carbonyl (C=O) groups excluding carboxylic acids is 2. The van der Waals surface area contributed by atoms with Gasteiger partial charge < -0.3 is 44.5 Å². The highest BCUT2D eigenvalue weighted by molar-refractivity contribution is 5.85. The summed E-state index contributed by atoms with van der Waals surface area (Å²) in [6.45, 7) is 2.22. The van der Waals surface area contributed by atoms with Gasteiger partial charge in [-0.3, -0.25) is 0 Å². The number of ether oxygens (including phenoxy) is 3. The molecule has 2 heterocycles. The van der Waals surface area contributed by atoms with Crippen molar-refractivity contribution < 1.29 is 49.3 Å². The number of fused-ring (bicyclic) bond motifs is 5. The van der Waals surface area contributed by atoms with E-state index >= 15 is 0 Å². The average Bonchev–Trinajstić information content (AvgIpc) is 3.43. The molecule has 0 spiro atoms. The molecular formula is C28H40O10. The number of carbonyl (C=O) groups is 2. The number of aliphatic hydroxyl groups excluding tert-OH is 3. The molecule has 38 heavy (non-hydrogen) atoms. The third-order valence-corrected chi connectivity index (χ3v) is 11.6. The largest absolute Gasteiger partial charge is 0.458 e. The lowest BCUT2D eigenvalue weighted by Gasteiger charge is -2.65. The van der Waals surface area contributed by atoms with Crippen molar-refractivity contribution in [2.75, 3.05) is 13.2 Å². The van der Waals surface area contributed by atoms with Crippen LogP contribution in [0.5, 0.6) is 0 Å². The van der Waals surface area contributed by atoms with Gasteiger partial charge in [0.1, 0.15) is 31.2 Å². The van der Waals surface area contributed by atoms with Crippen LogP contribution in [-0.4, -0.2) is 92.9 Å². The molecule has 5 N–H and O–H groups in total. The van der Waals surface area contributed by atoms with Crippen LogP contribution in [0.3, 0.4) is 0 Å². The fraction of sp³-hybridized carbons (Fsp3) is 0.857. The SMILES string of the molecule is CC12CCC3C(CCC4(O)CC(OC5OCC(O)C(O)C5O)CCC34C=O)C1(O)CCC2C1=CC(=O)OC1. The molecule has 6 aliphatic rings. The highest BCUT2D eigenvalue weighted by atomic mass is 16.7. The molecule has 10 heteroatoms. The van der Waals surface area contributed by atoms with E-state index in [4.69, 9.17) is 14.2 Å². The monoisotopic (exact) mass is 536 g/mol. The molecule has 4 saturated carbocycles. The van der Waals surface area contributed by atoms with Crippen LogP contribution in [0, 0.1) is 28.6 Å². The van der Waals surface area contributed by atoms with E-state index in [1.165, 1.54) is 0 Å². The second-order valence-corrected chi connectivity index (χ2v) is 13.0. The maximum Gasteiger partial charge on any atom is 0.331 e. The molecule has 212 valence electrons. The number of hydrogen-bond donors (Lipinski definition) is 5. The molecule has 0 aromatic rings. The van der Waals surface area contributed by atoms with Crippen molar-refractivity contribution in [2.24, 2.45) is 28.6 Å². The minimum Gasteiger partial charge on any atom is -0.458 e. The maximum absolute atomic E-state index is 12.9. The Labute approximate surface area is 222 Å². The lowest BCUT2D eigenvalue weighted by Crippen LogP contribution is -2.69.